The molecule has 1 aromatic carbocycles. The van der Waals surface area contributed by atoms with E-state index in [4.69, 9.17) is 28.4 Å². The standard InChI is InChI=1S/C24H29FO8/c1-13-6-7-16(25)19(26)20-21-24(33-21,23(2,3)32-20)9-8-14-10-15(29-5)11-17(30-12-28-4)18(14)22(27)31-13/h7-11,13,19-21,26H,6,12H2,1-5H3/t13-,19?,20+,21+,24?/m0/s1. The van der Waals surface area contributed by atoms with Crippen molar-refractivity contribution in [3.63, 3.8) is 0 Å². The molecule has 0 saturated carbocycles. The first kappa shape index (κ1) is 23.7. The van der Waals surface area contributed by atoms with Crippen molar-refractivity contribution in [3.05, 3.63) is 41.2 Å². The Balaban J connectivity index is 1.84. The number of halogens is 1. The Labute approximate surface area is 191 Å². The summed E-state index contributed by atoms with van der Waals surface area (Å²) in [5.41, 5.74) is -1.07. The van der Waals surface area contributed by atoms with Crippen LogP contribution in [0.2, 0.25) is 0 Å². The molecule has 180 valence electrons. The summed E-state index contributed by atoms with van der Waals surface area (Å²) in [5, 5.41) is 10.6. The molecule has 2 saturated heterocycles. The van der Waals surface area contributed by atoms with E-state index in [1.165, 1.54) is 20.3 Å². The lowest BCUT2D eigenvalue weighted by Crippen LogP contribution is -2.39. The number of aliphatic hydroxyl groups excluding tert-OH is 1. The zero-order chi connectivity index (χ0) is 24.0. The minimum absolute atomic E-state index is 0.0665. The molecule has 2 bridgehead atoms. The van der Waals surface area contributed by atoms with E-state index in [0.717, 1.165) is 0 Å². The molecule has 4 rings (SSSR count). The molecular formula is C24H29FO8. The average Bonchev–Trinajstić information content (AvgIpc) is 3.48. The summed E-state index contributed by atoms with van der Waals surface area (Å²) in [6.45, 7) is 5.19. The molecule has 5 atom stereocenters. The van der Waals surface area contributed by atoms with E-state index in [2.05, 4.69) is 0 Å². The van der Waals surface area contributed by atoms with E-state index >= 15 is 0 Å². The number of epoxide rings is 1. The lowest BCUT2D eigenvalue weighted by Gasteiger charge is -2.29. The number of methoxy groups -OCH3 is 2. The number of esters is 1. The molecule has 3 aliphatic heterocycles. The van der Waals surface area contributed by atoms with E-state index in [1.807, 2.05) is 13.8 Å². The number of benzene rings is 1. The van der Waals surface area contributed by atoms with Crippen LogP contribution < -0.4 is 9.47 Å². The maximum Gasteiger partial charge on any atom is 0.342 e. The van der Waals surface area contributed by atoms with E-state index in [1.54, 1.807) is 31.2 Å². The molecule has 2 fully saturated rings. The summed E-state index contributed by atoms with van der Waals surface area (Å²) in [4.78, 5) is 13.2. The number of hydrogen-bond donors (Lipinski definition) is 1. The third kappa shape index (κ3) is 4.14. The Bertz CT molecular complexity index is 987. The second kappa shape index (κ2) is 8.72. The SMILES string of the molecule is COCOc1cc(OC)cc2c1C(=O)O[C@@H](C)CC=C(F)C(O)[C@H]1OC(C)(C)C3(C=C2)O[C@H]13. The van der Waals surface area contributed by atoms with Crippen LogP contribution in [-0.2, 0) is 18.9 Å². The van der Waals surface area contributed by atoms with Gasteiger partial charge in [-0.15, -0.1) is 0 Å². The second-order valence-corrected chi connectivity index (χ2v) is 8.88. The summed E-state index contributed by atoms with van der Waals surface area (Å²) in [5.74, 6) is -0.700. The highest BCUT2D eigenvalue weighted by atomic mass is 19.1. The molecule has 1 N–H and O–H groups in total. The lowest BCUT2D eigenvalue weighted by atomic mass is 9.87. The minimum atomic E-state index is -1.49. The zero-order valence-electron chi connectivity index (χ0n) is 19.3. The molecule has 2 unspecified atom stereocenters. The highest BCUT2D eigenvalue weighted by molar-refractivity contribution is 5.97. The molecule has 1 aromatic rings. The van der Waals surface area contributed by atoms with Crippen LogP contribution in [0.1, 0.15) is 43.1 Å². The summed E-state index contributed by atoms with van der Waals surface area (Å²) in [7, 11) is 2.98. The minimum Gasteiger partial charge on any atom is -0.497 e. The average molecular weight is 464 g/mol. The fourth-order valence-electron chi connectivity index (χ4n) is 4.40. The monoisotopic (exact) mass is 464 g/mol. The van der Waals surface area contributed by atoms with E-state index in [9.17, 15) is 14.3 Å². The van der Waals surface area contributed by atoms with E-state index in [0.29, 0.717) is 11.3 Å². The van der Waals surface area contributed by atoms with Crippen molar-refractivity contribution < 1.29 is 42.7 Å². The number of hydrogen-bond acceptors (Lipinski definition) is 8. The van der Waals surface area contributed by atoms with Gasteiger partial charge in [0.25, 0.3) is 0 Å². The van der Waals surface area contributed by atoms with Crippen LogP contribution in [0.4, 0.5) is 4.39 Å². The van der Waals surface area contributed by atoms with Gasteiger partial charge in [-0.2, -0.15) is 0 Å². The Morgan fingerprint density at radius 1 is 1.24 bits per heavy atom. The highest BCUT2D eigenvalue weighted by Crippen LogP contribution is 2.58. The molecule has 3 aliphatic rings. The van der Waals surface area contributed by atoms with E-state index < -0.39 is 47.4 Å². The van der Waals surface area contributed by atoms with Crippen LogP contribution in [0.15, 0.2) is 30.1 Å². The smallest absolute Gasteiger partial charge is 0.342 e. The Kier molecular flexibility index (Phi) is 6.26. The zero-order valence-corrected chi connectivity index (χ0v) is 19.3. The van der Waals surface area contributed by atoms with Crippen molar-refractivity contribution >= 4 is 12.0 Å². The third-order valence-electron chi connectivity index (χ3n) is 6.29. The number of ether oxygens (including phenoxy) is 6. The molecule has 3 heterocycles. The van der Waals surface area contributed by atoms with Crippen molar-refractivity contribution in [2.45, 2.75) is 62.8 Å². The number of carbonyl (C=O) groups is 1. The van der Waals surface area contributed by atoms with E-state index in [-0.39, 0.29) is 24.5 Å². The van der Waals surface area contributed by atoms with Gasteiger partial charge >= 0.3 is 5.97 Å². The van der Waals surface area contributed by atoms with Gasteiger partial charge < -0.3 is 33.5 Å². The molecule has 0 spiro atoms. The second-order valence-electron chi connectivity index (χ2n) is 8.88. The fraction of sp³-hybridized carbons (Fsp3) is 0.542. The number of rotatable bonds is 4. The highest BCUT2D eigenvalue weighted by Gasteiger charge is 2.75. The van der Waals surface area contributed by atoms with Gasteiger partial charge in [-0.05, 0) is 44.6 Å². The van der Waals surface area contributed by atoms with Gasteiger partial charge in [-0.25, -0.2) is 9.18 Å². The molecule has 0 radical (unpaired) electrons. The summed E-state index contributed by atoms with van der Waals surface area (Å²) in [6, 6.07) is 3.26. The van der Waals surface area contributed by atoms with Crippen LogP contribution in [0.5, 0.6) is 11.5 Å². The Morgan fingerprint density at radius 3 is 2.67 bits per heavy atom. The summed E-state index contributed by atoms with van der Waals surface area (Å²) >= 11 is 0. The van der Waals surface area contributed by atoms with Crippen molar-refractivity contribution in [2.75, 3.05) is 21.0 Å². The van der Waals surface area contributed by atoms with Gasteiger partial charge in [-0.3, -0.25) is 0 Å². The van der Waals surface area contributed by atoms with Crippen LogP contribution in [0, 0.1) is 0 Å². The molecule has 0 aliphatic carbocycles. The topological polar surface area (TPSA) is 96.0 Å². The summed E-state index contributed by atoms with van der Waals surface area (Å²) in [6.07, 6.45) is 1.20. The fourth-order valence-corrected chi connectivity index (χ4v) is 4.40. The number of aliphatic hydroxyl groups is 1. The maximum atomic E-state index is 14.7. The van der Waals surface area contributed by atoms with Crippen molar-refractivity contribution in [1.82, 2.24) is 0 Å². The van der Waals surface area contributed by atoms with Crippen LogP contribution in [0.25, 0.3) is 6.08 Å². The van der Waals surface area contributed by atoms with Crippen LogP contribution >= 0.6 is 0 Å². The van der Waals surface area contributed by atoms with Gasteiger partial charge in [0.05, 0.1) is 12.7 Å². The first-order chi connectivity index (χ1) is 15.6. The summed E-state index contributed by atoms with van der Waals surface area (Å²) < 4.78 is 48.3. The third-order valence-corrected chi connectivity index (χ3v) is 6.29. The molecule has 33 heavy (non-hydrogen) atoms. The van der Waals surface area contributed by atoms with Gasteiger partial charge in [0.15, 0.2) is 6.79 Å². The van der Waals surface area contributed by atoms with Crippen LogP contribution in [0.3, 0.4) is 0 Å². The quantitative estimate of drug-likeness (QED) is 0.413. The normalized spacial score (nSPS) is 32.7. The Morgan fingerprint density at radius 2 is 2.00 bits per heavy atom. The van der Waals surface area contributed by atoms with Gasteiger partial charge in [-0.1, -0.05) is 6.08 Å². The maximum absolute atomic E-state index is 14.7. The van der Waals surface area contributed by atoms with Crippen molar-refractivity contribution in [3.8, 4) is 11.5 Å². The molecule has 9 heteroatoms. The first-order valence-electron chi connectivity index (χ1n) is 10.8. The largest absolute Gasteiger partial charge is 0.497 e. The first-order valence-corrected chi connectivity index (χ1v) is 10.8. The van der Waals surface area contributed by atoms with Crippen molar-refractivity contribution in [1.29, 1.82) is 0 Å². The van der Waals surface area contributed by atoms with Gasteiger partial charge in [0.2, 0.25) is 0 Å². The number of fused-ring (bicyclic) bond motifs is 1. The molecule has 0 amide bonds. The number of cyclic esters (lactones) is 1. The lowest BCUT2D eigenvalue weighted by molar-refractivity contribution is -0.129. The molecule has 8 nitrogen and oxygen atoms in total. The predicted molar refractivity (Wildman–Crippen MR) is 116 cm³/mol. The van der Waals surface area contributed by atoms with Gasteiger partial charge in [0, 0.05) is 19.6 Å². The van der Waals surface area contributed by atoms with Gasteiger partial charge in [0.1, 0.15) is 52.9 Å². The van der Waals surface area contributed by atoms with Crippen molar-refractivity contribution in [2.24, 2.45) is 0 Å². The molecular weight excluding hydrogens is 435 g/mol. The Hall–Kier alpha value is -2.46. The predicted octanol–water partition coefficient (Wildman–Crippen LogP) is 3.17. The van der Waals surface area contributed by atoms with Crippen LogP contribution in [-0.4, -0.2) is 67.7 Å². The molecule has 0 aromatic heterocycles. The number of carbonyl (C=O) groups excluding carboxylic acids is 1.